The largest absolute Gasteiger partial charge is 0.359 e. The Labute approximate surface area is 99.2 Å². The van der Waals surface area contributed by atoms with Crippen LogP contribution in [0.1, 0.15) is 32.0 Å². The van der Waals surface area contributed by atoms with Crippen molar-refractivity contribution >= 4 is 28.4 Å². The molecule has 5 heteroatoms. The first-order valence-electron chi connectivity index (χ1n) is 5.39. The highest BCUT2D eigenvalue weighted by molar-refractivity contribution is 8.00. The van der Waals surface area contributed by atoms with E-state index in [9.17, 15) is 0 Å². The Kier molecular flexibility index (Phi) is 3.51. The van der Waals surface area contributed by atoms with Crippen molar-refractivity contribution in [2.75, 3.05) is 18.1 Å². The van der Waals surface area contributed by atoms with E-state index in [4.69, 9.17) is 0 Å². The molecule has 3 nitrogen and oxygen atoms in total. The highest BCUT2D eigenvalue weighted by Crippen LogP contribution is 2.47. The molecule has 1 aromatic rings. The van der Waals surface area contributed by atoms with E-state index in [1.54, 1.807) is 0 Å². The SMILES string of the molecule is CCCc1nsc(NCC2(SC)CC2)n1. The number of nitrogens with zero attached hydrogens (tertiary/aromatic N) is 2. The third kappa shape index (κ3) is 2.84. The molecule has 0 aliphatic heterocycles. The Morgan fingerprint density at radius 2 is 2.33 bits per heavy atom. The second-order valence-electron chi connectivity index (χ2n) is 4.01. The Hall–Kier alpha value is -0.290. The van der Waals surface area contributed by atoms with Crippen LogP contribution in [0.4, 0.5) is 5.13 Å². The van der Waals surface area contributed by atoms with E-state index in [0.717, 1.165) is 30.3 Å². The van der Waals surface area contributed by atoms with Crippen molar-refractivity contribution in [2.24, 2.45) is 0 Å². The molecular formula is C10H17N3S2. The quantitative estimate of drug-likeness (QED) is 0.833. The molecule has 2 rings (SSSR count). The number of anilines is 1. The van der Waals surface area contributed by atoms with Crippen LogP contribution in [-0.2, 0) is 6.42 Å². The highest BCUT2D eigenvalue weighted by Gasteiger charge is 2.41. The van der Waals surface area contributed by atoms with Gasteiger partial charge < -0.3 is 5.32 Å². The van der Waals surface area contributed by atoms with Crippen LogP contribution in [0.2, 0.25) is 0 Å². The lowest BCUT2D eigenvalue weighted by molar-refractivity contribution is 0.859. The average molecular weight is 243 g/mol. The van der Waals surface area contributed by atoms with Crippen LogP contribution < -0.4 is 5.32 Å². The predicted molar refractivity (Wildman–Crippen MR) is 67.9 cm³/mol. The van der Waals surface area contributed by atoms with Crippen LogP contribution >= 0.6 is 23.3 Å². The van der Waals surface area contributed by atoms with Gasteiger partial charge in [0.25, 0.3) is 0 Å². The molecule has 0 radical (unpaired) electrons. The summed E-state index contributed by atoms with van der Waals surface area (Å²) >= 11 is 3.46. The third-order valence-electron chi connectivity index (χ3n) is 2.74. The summed E-state index contributed by atoms with van der Waals surface area (Å²) in [6, 6.07) is 0. The first kappa shape index (κ1) is 11.2. The van der Waals surface area contributed by atoms with Gasteiger partial charge in [0.1, 0.15) is 5.82 Å². The Bertz CT molecular complexity index is 320. The van der Waals surface area contributed by atoms with Crippen molar-refractivity contribution in [3.05, 3.63) is 5.82 Å². The van der Waals surface area contributed by atoms with Crippen molar-refractivity contribution < 1.29 is 0 Å². The van der Waals surface area contributed by atoms with E-state index < -0.39 is 0 Å². The monoisotopic (exact) mass is 243 g/mol. The maximum absolute atomic E-state index is 4.45. The van der Waals surface area contributed by atoms with E-state index >= 15 is 0 Å². The zero-order valence-electron chi connectivity index (χ0n) is 9.25. The van der Waals surface area contributed by atoms with Crippen LogP contribution in [0, 0.1) is 0 Å². The highest BCUT2D eigenvalue weighted by atomic mass is 32.2. The summed E-state index contributed by atoms with van der Waals surface area (Å²) in [7, 11) is 0. The molecule has 1 aromatic heterocycles. The number of nitrogens with one attached hydrogen (secondary N) is 1. The summed E-state index contributed by atoms with van der Waals surface area (Å²) in [6.45, 7) is 3.19. The van der Waals surface area contributed by atoms with Crippen LogP contribution in [0.3, 0.4) is 0 Å². The van der Waals surface area contributed by atoms with Gasteiger partial charge in [0.15, 0.2) is 0 Å². The number of aromatic nitrogens is 2. The van der Waals surface area contributed by atoms with Crippen LogP contribution in [0.25, 0.3) is 0 Å². The van der Waals surface area contributed by atoms with E-state index in [1.165, 1.54) is 24.4 Å². The van der Waals surface area contributed by atoms with Gasteiger partial charge in [0.2, 0.25) is 5.13 Å². The number of hydrogen-bond acceptors (Lipinski definition) is 5. The minimum Gasteiger partial charge on any atom is -0.359 e. The molecule has 1 aliphatic carbocycles. The molecule has 1 saturated carbocycles. The van der Waals surface area contributed by atoms with Gasteiger partial charge in [-0.3, -0.25) is 0 Å². The lowest BCUT2D eigenvalue weighted by Crippen LogP contribution is -2.17. The minimum atomic E-state index is 0.497. The molecule has 0 amide bonds. The number of rotatable bonds is 6. The zero-order chi connectivity index (χ0) is 10.7. The van der Waals surface area contributed by atoms with Crippen molar-refractivity contribution in [1.29, 1.82) is 0 Å². The number of hydrogen-bond donors (Lipinski definition) is 1. The van der Waals surface area contributed by atoms with Gasteiger partial charge in [0, 0.05) is 29.2 Å². The van der Waals surface area contributed by atoms with E-state index in [1.807, 2.05) is 11.8 Å². The van der Waals surface area contributed by atoms with Crippen molar-refractivity contribution in [3.63, 3.8) is 0 Å². The fourth-order valence-corrected chi connectivity index (χ4v) is 2.81. The average Bonchev–Trinajstić information content (AvgIpc) is 2.91. The number of thioether (sulfide) groups is 1. The summed E-state index contributed by atoms with van der Waals surface area (Å²) in [5.41, 5.74) is 0. The first-order chi connectivity index (χ1) is 7.28. The smallest absolute Gasteiger partial charge is 0.202 e. The molecule has 0 atom stereocenters. The zero-order valence-corrected chi connectivity index (χ0v) is 10.9. The van der Waals surface area contributed by atoms with Gasteiger partial charge >= 0.3 is 0 Å². The minimum absolute atomic E-state index is 0.497. The molecule has 84 valence electrons. The lowest BCUT2D eigenvalue weighted by Gasteiger charge is -2.11. The lowest BCUT2D eigenvalue weighted by atomic mass is 10.3. The summed E-state index contributed by atoms with van der Waals surface area (Å²) < 4.78 is 4.81. The summed E-state index contributed by atoms with van der Waals surface area (Å²) in [5, 5.41) is 4.39. The standard InChI is InChI=1S/C10H17N3S2/c1-3-4-8-12-9(15-13-8)11-7-10(14-2)5-6-10/h3-7H2,1-2H3,(H,11,12,13). The fourth-order valence-electron chi connectivity index (χ4n) is 1.48. The molecule has 1 aliphatic rings. The van der Waals surface area contributed by atoms with E-state index in [2.05, 4.69) is 27.9 Å². The van der Waals surface area contributed by atoms with Gasteiger partial charge in [-0.1, -0.05) is 6.92 Å². The van der Waals surface area contributed by atoms with Crippen LogP contribution in [-0.4, -0.2) is 26.9 Å². The third-order valence-corrected chi connectivity index (χ3v) is 4.87. The van der Waals surface area contributed by atoms with Crippen molar-refractivity contribution in [3.8, 4) is 0 Å². The molecular weight excluding hydrogens is 226 g/mol. The molecule has 1 N–H and O–H groups in total. The van der Waals surface area contributed by atoms with Crippen LogP contribution in [0.5, 0.6) is 0 Å². The van der Waals surface area contributed by atoms with E-state index in [-0.39, 0.29) is 0 Å². The molecule has 15 heavy (non-hydrogen) atoms. The Morgan fingerprint density at radius 1 is 1.53 bits per heavy atom. The molecule has 1 heterocycles. The summed E-state index contributed by atoms with van der Waals surface area (Å²) in [5.74, 6) is 0.985. The summed E-state index contributed by atoms with van der Waals surface area (Å²) in [4.78, 5) is 4.45. The Balaban J connectivity index is 1.83. The van der Waals surface area contributed by atoms with Crippen LogP contribution in [0.15, 0.2) is 0 Å². The Morgan fingerprint density at radius 3 is 2.93 bits per heavy atom. The van der Waals surface area contributed by atoms with Gasteiger partial charge in [-0.25, -0.2) is 4.98 Å². The van der Waals surface area contributed by atoms with Crippen molar-refractivity contribution in [1.82, 2.24) is 9.36 Å². The summed E-state index contributed by atoms with van der Waals surface area (Å²) in [6.07, 6.45) is 6.97. The topological polar surface area (TPSA) is 37.8 Å². The molecule has 1 fully saturated rings. The first-order valence-corrected chi connectivity index (χ1v) is 7.39. The maximum atomic E-state index is 4.45. The van der Waals surface area contributed by atoms with Gasteiger partial charge in [-0.2, -0.15) is 16.1 Å². The second-order valence-corrected chi connectivity index (χ2v) is 6.03. The molecule has 0 unspecified atom stereocenters. The molecule has 0 saturated heterocycles. The molecule has 0 bridgehead atoms. The fraction of sp³-hybridized carbons (Fsp3) is 0.800. The molecule has 0 spiro atoms. The van der Waals surface area contributed by atoms with Gasteiger partial charge in [0.05, 0.1) is 0 Å². The molecule has 0 aromatic carbocycles. The number of aryl methyl sites for hydroxylation is 1. The van der Waals surface area contributed by atoms with E-state index in [0.29, 0.717) is 4.75 Å². The predicted octanol–water partition coefficient (Wildman–Crippen LogP) is 2.80. The normalized spacial score (nSPS) is 17.7. The van der Waals surface area contributed by atoms with Crippen molar-refractivity contribution in [2.45, 2.75) is 37.4 Å². The van der Waals surface area contributed by atoms with Gasteiger partial charge in [-0.15, -0.1) is 0 Å². The second kappa shape index (κ2) is 4.70. The van der Waals surface area contributed by atoms with Gasteiger partial charge in [-0.05, 0) is 25.5 Å². The maximum Gasteiger partial charge on any atom is 0.202 e.